The standard InChI is InChI=1S/C15H17NO3S/c1-19-11-2-3-14-12(8-11)13(18)9-15(20-14)4-6-16(10-17)7-5-15/h2-3,8,10H,4-7,9H2,1H3. The first-order valence-electron chi connectivity index (χ1n) is 6.75. The highest BCUT2D eigenvalue weighted by Crippen LogP contribution is 2.49. The summed E-state index contributed by atoms with van der Waals surface area (Å²) in [5.74, 6) is 0.918. The number of hydrogen-bond acceptors (Lipinski definition) is 4. The van der Waals surface area contributed by atoms with E-state index in [0.29, 0.717) is 6.42 Å². The predicted molar refractivity (Wildman–Crippen MR) is 77.4 cm³/mol. The van der Waals surface area contributed by atoms with Gasteiger partial charge in [-0.3, -0.25) is 9.59 Å². The number of thioether (sulfide) groups is 1. The minimum atomic E-state index is -0.0296. The van der Waals surface area contributed by atoms with Crippen molar-refractivity contribution in [3.8, 4) is 5.75 Å². The van der Waals surface area contributed by atoms with Crippen molar-refractivity contribution in [2.45, 2.75) is 28.9 Å². The number of carbonyl (C=O) groups is 2. The third kappa shape index (κ3) is 2.30. The number of carbonyl (C=O) groups excluding carboxylic acids is 2. The molecule has 0 saturated carbocycles. The molecule has 106 valence electrons. The Labute approximate surface area is 122 Å². The number of ketones is 1. The van der Waals surface area contributed by atoms with Gasteiger partial charge in [0.1, 0.15) is 5.75 Å². The number of methoxy groups -OCH3 is 1. The fourth-order valence-corrected chi connectivity index (χ4v) is 4.39. The second-order valence-electron chi connectivity index (χ2n) is 5.39. The van der Waals surface area contributed by atoms with Crippen molar-refractivity contribution in [2.75, 3.05) is 20.2 Å². The molecule has 0 atom stereocenters. The van der Waals surface area contributed by atoms with E-state index < -0.39 is 0 Å². The number of benzene rings is 1. The van der Waals surface area contributed by atoms with Gasteiger partial charge in [0.2, 0.25) is 6.41 Å². The molecule has 0 unspecified atom stereocenters. The molecule has 0 aliphatic carbocycles. The van der Waals surface area contributed by atoms with Crippen LogP contribution in [-0.2, 0) is 4.79 Å². The predicted octanol–water partition coefficient (Wildman–Crippen LogP) is 2.36. The van der Waals surface area contributed by atoms with Crippen LogP contribution in [0.25, 0.3) is 0 Å². The summed E-state index contributed by atoms with van der Waals surface area (Å²) < 4.78 is 5.16. The number of fused-ring (bicyclic) bond motifs is 1. The van der Waals surface area contributed by atoms with Crippen molar-refractivity contribution in [3.63, 3.8) is 0 Å². The summed E-state index contributed by atoms with van der Waals surface area (Å²) in [5.41, 5.74) is 0.776. The van der Waals surface area contributed by atoms with Gasteiger partial charge in [-0.1, -0.05) is 0 Å². The Morgan fingerprint density at radius 2 is 2.10 bits per heavy atom. The van der Waals surface area contributed by atoms with E-state index in [0.717, 1.165) is 48.5 Å². The minimum Gasteiger partial charge on any atom is -0.497 e. The van der Waals surface area contributed by atoms with Crippen LogP contribution in [0.5, 0.6) is 5.75 Å². The first-order chi connectivity index (χ1) is 9.65. The molecule has 1 amide bonds. The van der Waals surface area contributed by atoms with E-state index in [1.165, 1.54) is 0 Å². The second-order valence-corrected chi connectivity index (χ2v) is 6.90. The summed E-state index contributed by atoms with van der Waals surface area (Å²) >= 11 is 1.80. The number of nitrogens with zero attached hydrogens (tertiary/aromatic N) is 1. The lowest BCUT2D eigenvalue weighted by molar-refractivity contribution is -0.119. The summed E-state index contributed by atoms with van der Waals surface area (Å²) in [6.07, 6.45) is 3.23. The van der Waals surface area contributed by atoms with Gasteiger partial charge in [0.15, 0.2) is 5.78 Å². The van der Waals surface area contributed by atoms with Gasteiger partial charge in [0.25, 0.3) is 0 Å². The van der Waals surface area contributed by atoms with E-state index >= 15 is 0 Å². The van der Waals surface area contributed by atoms with Crippen molar-refractivity contribution < 1.29 is 14.3 Å². The molecule has 4 nitrogen and oxygen atoms in total. The highest BCUT2D eigenvalue weighted by molar-refractivity contribution is 8.01. The lowest BCUT2D eigenvalue weighted by Gasteiger charge is -2.42. The number of likely N-dealkylation sites (tertiary alicyclic amines) is 1. The molecular formula is C15H17NO3S. The zero-order valence-electron chi connectivity index (χ0n) is 11.4. The monoisotopic (exact) mass is 291 g/mol. The van der Waals surface area contributed by atoms with E-state index in [-0.39, 0.29) is 10.5 Å². The summed E-state index contributed by atoms with van der Waals surface area (Å²) in [5, 5.41) is 0. The molecule has 1 aromatic rings. The maximum Gasteiger partial charge on any atom is 0.209 e. The zero-order valence-corrected chi connectivity index (χ0v) is 12.2. The van der Waals surface area contributed by atoms with Gasteiger partial charge >= 0.3 is 0 Å². The van der Waals surface area contributed by atoms with Gasteiger partial charge in [-0.2, -0.15) is 0 Å². The van der Waals surface area contributed by atoms with Crippen LogP contribution < -0.4 is 4.74 Å². The van der Waals surface area contributed by atoms with E-state index in [9.17, 15) is 9.59 Å². The third-order valence-corrected chi connectivity index (χ3v) is 5.72. The molecule has 1 aromatic carbocycles. The number of rotatable bonds is 2. The van der Waals surface area contributed by atoms with Crippen molar-refractivity contribution in [3.05, 3.63) is 23.8 Å². The summed E-state index contributed by atoms with van der Waals surface area (Å²) in [6, 6.07) is 5.71. The molecule has 20 heavy (non-hydrogen) atoms. The molecule has 2 heterocycles. The molecule has 1 fully saturated rings. The van der Waals surface area contributed by atoms with Gasteiger partial charge in [0, 0.05) is 34.7 Å². The maximum absolute atomic E-state index is 12.4. The van der Waals surface area contributed by atoms with Gasteiger partial charge in [-0.15, -0.1) is 11.8 Å². The Balaban J connectivity index is 1.86. The summed E-state index contributed by atoms with van der Waals surface area (Å²) in [6.45, 7) is 1.49. The third-order valence-electron chi connectivity index (χ3n) is 4.15. The molecule has 5 heteroatoms. The van der Waals surface area contributed by atoms with Gasteiger partial charge in [-0.05, 0) is 31.0 Å². The SMILES string of the molecule is COc1ccc2c(c1)C(=O)CC1(CCN(C=O)CC1)S2. The van der Waals surface area contributed by atoms with Crippen molar-refractivity contribution in [1.29, 1.82) is 0 Å². The lowest BCUT2D eigenvalue weighted by Crippen LogP contribution is -2.44. The van der Waals surface area contributed by atoms with E-state index in [1.54, 1.807) is 23.8 Å². The largest absolute Gasteiger partial charge is 0.497 e. The van der Waals surface area contributed by atoms with Crippen molar-refractivity contribution in [2.24, 2.45) is 0 Å². The molecule has 0 N–H and O–H groups in total. The van der Waals surface area contributed by atoms with E-state index in [1.807, 2.05) is 18.2 Å². The number of piperidine rings is 1. The van der Waals surface area contributed by atoms with Gasteiger partial charge in [-0.25, -0.2) is 0 Å². The van der Waals surface area contributed by atoms with Crippen LogP contribution in [0.2, 0.25) is 0 Å². The molecule has 0 aromatic heterocycles. The average Bonchev–Trinajstić information content (AvgIpc) is 2.48. The molecule has 0 bridgehead atoms. The van der Waals surface area contributed by atoms with Crippen LogP contribution in [-0.4, -0.2) is 42.0 Å². The fourth-order valence-electron chi connectivity index (χ4n) is 2.92. The van der Waals surface area contributed by atoms with E-state index in [2.05, 4.69) is 0 Å². The van der Waals surface area contributed by atoms with Crippen LogP contribution in [0.4, 0.5) is 0 Å². The normalized spacial score (nSPS) is 20.6. The van der Waals surface area contributed by atoms with Gasteiger partial charge < -0.3 is 9.64 Å². The topological polar surface area (TPSA) is 46.6 Å². The Morgan fingerprint density at radius 1 is 1.35 bits per heavy atom. The smallest absolute Gasteiger partial charge is 0.209 e. The summed E-state index contributed by atoms with van der Waals surface area (Å²) in [7, 11) is 1.61. The Kier molecular flexibility index (Phi) is 3.46. The fraction of sp³-hybridized carbons (Fsp3) is 0.467. The first-order valence-corrected chi connectivity index (χ1v) is 7.57. The number of Topliss-reactive ketones (excluding diaryl/α,β-unsaturated/α-hetero) is 1. The molecule has 1 spiro atoms. The molecule has 2 aliphatic rings. The van der Waals surface area contributed by atoms with Crippen LogP contribution in [0.1, 0.15) is 29.6 Å². The summed E-state index contributed by atoms with van der Waals surface area (Å²) in [4.78, 5) is 26.1. The number of ether oxygens (including phenoxy) is 1. The molecule has 2 aliphatic heterocycles. The molecular weight excluding hydrogens is 274 g/mol. The Morgan fingerprint density at radius 3 is 2.75 bits per heavy atom. The average molecular weight is 291 g/mol. The molecule has 0 radical (unpaired) electrons. The highest BCUT2D eigenvalue weighted by atomic mass is 32.2. The lowest BCUT2D eigenvalue weighted by atomic mass is 9.88. The highest BCUT2D eigenvalue weighted by Gasteiger charge is 2.41. The number of hydrogen-bond donors (Lipinski definition) is 0. The van der Waals surface area contributed by atoms with Crippen molar-refractivity contribution in [1.82, 2.24) is 4.90 Å². The second kappa shape index (κ2) is 5.13. The van der Waals surface area contributed by atoms with Crippen LogP contribution >= 0.6 is 11.8 Å². The Hall–Kier alpha value is -1.49. The van der Waals surface area contributed by atoms with Crippen LogP contribution in [0.3, 0.4) is 0 Å². The first kappa shape index (κ1) is 13.5. The zero-order chi connectivity index (χ0) is 14.2. The minimum absolute atomic E-state index is 0.0296. The quantitative estimate of drug-likeness (QED) is 0.785. The number of amides is 1. The van der Waals surface area contributed by atoms with E-state index in [4.69, 9.17) is 4.74 Å². The molecule has 3 rings (SSSR count). The van der Waals surface area contributed by atoms with Crippen LogP contribution in [0.15, 0.2) is 23.1 Å². The maximum atomic E-state index is 12.4. The van der Waals surface area contributed by atoms with Gasteiger partial charge in [0.05, 0.1) is 7.11 Å². The molecule has 1 saturated heterocycles. The Bertz CT molecular complexity index is 550. The van der Waals surface area contributed by atoms with Crippen molar-refractivity contribution >= 4 is 24.0 Å². The van der Waals surface area contributed by atoms with Crippen LogP contribution in [0, 0.1) is 0 Å².